The van der Waals surface area contributed by atoms with Gasteiger partial charge in [-0.2, -0.15) is 0 Å². The van der Waals surface area contributed by atoms with Crippen molar-refractivity contribution >= 4 is 23.6 Å². The van der Waals surface area contributed by atoms with Crippen molar-refractivity contribution in [1.29, 1.82) is 0 Å². The second kappa shape index (κ2) is 30.0. The molecule has 0 atom stereocenters. The highest BCUT2D eigenvalue weighted by atomic mass is 16.6. The van der Waals surface area contributed by atoms with Crippen LogP contribution in [0.25, 0.3) is 0 Å². The zero-order chi connectivity index (χ0) is 33.5. The Morgan fingerprint density at radius 2 is 0.739 bits per heavy atom. The molecule has 0 spiro atoms. The third kappa shape index (κ3) is 25.8. The summed E-state index contributed by atoms with van der Waals surface area (Å²) in [5.41, 5.74) is 1.20. The van der Waals surface area contributed by atoms with Crippen molar-refractivity contribution in [1.82, 2.24) is 9.80 Å². The Hall–Kier alpha value is -2.32. The largest absolute Gasteiger partial charge is 0.433 e. The third-order valence-electron chi connectivity index (χ3n) is 8.50. The van der Waals surface area contributed by atoms with Gasteiger partial charge < -0.3 is 9.47 Å². The molecule has 2 amide bonds. The maximum absolute atomic E-state index is 12.2. The predicted octanol–water partition coefficient (Wildman–Crippen LogP) is 11.2. The lowest BCUT2D eigenvalue weighted by Crippen LogP contribution is -2.27. The average Bonchev–Trinajstić information content (AvgIpc) is 3.05. The number of rotatable bonds is 30. The van der Waals surface area contributed by atoms with Crippen LogP contribution in [0.4, 0.5) is 21.0 Å². The minimum Gasteiger partial charge on any atom is -0.433 e. The van der Waals surface area contributed by atoms with Gasteiger partial charge in [0.1, 0.15) is 13.5 Å². The van der Waals surface area contributed by atoms with Crippen molar-refractivity contribution in [3.63, 3.8) is 0 Å². The molecule has 0 aliphatic carbocycles. The molecular weight excluding hydrogens is 576 g/mol. The van der Waals surface area contributed by atoms with Gasteiger partial charge in [0.2, 0.25) is 0 Å². The first-order valence-electron chi connectivity index (χ1n) is 18.8. The lowest BCUT2D eigenvalue weighted by Gasteiger charge is -2.17. The van der Waals surface area contributed by atoms with Crippen molar-refractivity contribution in [2.45, 2.75) is 155 Å². The zero-order valence-corrected chi connectivity index (χ0v) is 30.2. The standard InChI is InChI=1S/C38H70N4O4/c1-5-7-9-11-13-15-17-19-21-23-25-31-41(3)33-45-37(43)39-35-27-29-36(30-28-35)40-38(44)46-34-42(4)32-26-24-22-20-18-16-14-12-10-8-6-2/h27-30H,5-26,31-34H2,1-4H3,(H,39,43)(H,40,44). The smallest absolute Gasteiger partial charge is 0.412 e. The van der Waals surface area contributed by atoms with Crippen LogP contribution in [0.5, 0.6) is 0 Å². The summed E-state index contributed by atoms with van der Waals surface area (Å²) < 4.78 is 10.7. The Morgan fingerprint density at radius 1 is 0.478 bits per heavy atom. The normalized spacial score (nSPS) is 11.3. The van der Waals surface area contributed by atoms with Crippen molar-refractivity contribution < 1.29 is 19.1 Å². The molecule has 8 heteroatoms. The van der Waals surface area contributed by atoms with Gasteiger partial charge in [0, 0.05) is 24.5 Å². The fraction of sp³-hybridized carbons (Fsp3) is 0.789. The number of nitrogens with one attached hydrogen (secondary N) is 2. The van der Waals surface area contributed by atoms with Gasteiger partial charge >= 0.3 is 12.2 Å². The molecule has 1 rings (SSSR count). The van der Waals surface area contributed by atoms with Crippen molar-refractivity contribution in [3.8, 4) is 0 Å². The number of hydrogen-bond donors (Lipinski definition) is 2. The van der Waals surface area contributed by atoms with E-state index in [1.54, 1.807) is 24.3 Å². The molecule has 0 aliphatic heterocycles. The summed E-state index contributed by atoms with van der Waals surface area (Å²) in [5.74, 6) is 0. The number of ether oxygens (including phenoxy) is 2. The first-order chi connectivity index (χ1) is 22.4. The van der Waals surface area contributed by atoms with Crippen molar-refractivity contribution in [2.75, 3.05) is 51.3 Å². The summed E-state index contributed by atoms with van der Waals surface area (Å²) in [4.78, 5) is 28.5. The maximum atomic E-state index is 12.2. The summed E-state index contributed by atoms with van der Waals surface area (Å²) in [6.07, 6.45) is 28.0. The molecular formula is C38H70N4O4. The van der Waals surface area contributed by atoms with E-state index in [2.05, 4.69) is 24.5 Å². The van der Waals surface area contributed by atoms with Crippen LogP contribution in [0.1, 0.15) is 155 Å². The van der Waals surface area contributed by atoms with E-state index in [1.807, 2.05) is 23.9 Å². The van der Waals surface area contributed by atoms with E-state index in [9.17, 15) is 9.59 Å². The molecule has 0 radical (unpaired) electrons. The molecule has 0 aliphatic rings. The summed E-state index contributed by atoms with van der Waals surface area (Å²) in [7, 11) is 3.94. The molecule has 1 aromatic rings. The topological polar surface area (TPSA) is 83.1 Å². The van der Waals surface area contributed by atoms with Gasteiger partial charge in [0.05, 0.1) is 0 Å². The number of anilines is 2. The Morgan fingerprint density at radius 3 is 1.02 bits per heavy atom. The number of hydrogen-bond acceptors (Lipinski definition) is 6. The van der Waals surface area contributed by atoms with Crippen LogP contribution in [0.15, 0.2) is 24.3 Å². The third-order valence-corrected chi connectivity index (χ3v) is 8.50. The Kier molecular flexibility index (Phi) is 27.2. The fourth-order valence-electron chi connectivity index (χ4n) is 5.50. The van der Waals surface area contributed by atoms with E-state index in [1.165, 1.54) is 128 Å². The van der Waals surface area contributed by atoms with E-state index in [4.69, 9.17) is 9.47 Å². The van der Waals surface area contributed by atoms with Gasteiger partial charge in [-0.25, -0.2) is 9.59 Å². The van der Waals surface area contributed by atoms with E-state index >= 15 is 0 Å². The Labute approximate surface area is 282 Å². The summed E-state index contributed by atoms with van der Waals surface area (Å²) >= 11 is 0. The lowest BCUT2D eigenvalue weighted by atomic mass is 10.1. The number of benzene rings is 1. The molecule has 2 N–H and O–H groups in total. The predicted molar refractivity (Wildman–Crippen MR) is 195 cm³/mol. The van der Waals surface area contributed by atoms with Crippen LogP contribution in [-0.4, -0.2) is 62.6 Å². The number of amides is 2. The van der Waals surface area contributed by atoms with Gasteiger partial charge in [-0.3, -0.25) is 20.4 Å². The second-order valence-electron chi connectivity index (χ2n) is 13.2. The van der Waals surface area contributed by atoms with Crippen LogP contribution in [-0.2, 0) is 9.47 Å². The minimum atomic E-state index is -0.494. The number of carbonyl (C=O) groups excluding carboxylic acids is 2. The molecule has 1 aromatic carbocycles. The van der Waals surface area contributed by atoms with E-state index < -0.39 is 12.2 Å². The first kappa shape index (κ1) is 41.7. The monoisotopic (exact) mass is 647 g/mol. The van der Waals surface area contributed by atoms with Crippen LogP contribution in [0, 0.1) is 0 Å². The molecule has 0 heterocycles. The van der Waals surface area contributed by atoms with Gasteiger partial charge in [-0.15, -0.1) is 0 Å². The number of carbonyl (C=O) groups is 2. The molecule has 0 fully saturated rings. The molecule has 0 aromatic heterocycles. The number of nitrogens with zero attached hydrogens (tertiary/aromatic N) is 2. The number of unbranched alkanes of at least 4 members (excludes halogenated alkanes) is 20. The molecule has 0 bridgehead atoms. The SMILES string of the molecule is CCCCCCCCCCCCCN(C)COC(=O)Nc1ccc(NC(=O)OCN(C)CCCCCCCCCCCCC)cc1. The molecule has 0 unspecified atom stereocenters. The van der Waals surface area contributed by atoms with Gasteiger partial charge in [-0.05, 0) is 51.2 Å². The van der Waals surface area contributed by atoms with Gasteiger partial charge in [0.15, 0.2) is 0 Å². The van der Waals surface area contributed by atoms with E-state index in [0.29, 0.717) is 11.4 Å². The Bertz CT molecular complexity index is 783. The Balaban J connectivity index is 2.05. The van der Waals surface area contributed by atoms with Crippen LogP contribution >= 0.6 is 0 Å². The van der Waals surface area contributed by atoms with Crippen molar-refractivity contribution in [2.24, 2.45) is 0 Å². The summed E-state index contributed by atoms with van der Waals surface area (Å²) in [5, 5.41) is 5.48. The molecule has 8 nitrogen and oxygen atoms in total. The highest BCUT2D eigenvalue weighted by Gasteiger charge is 2.08. The highest BCUT2D eigenvalue weighted by molar-refractivity contribution is 5.87. The first-order valence-corrected chi connectivity index (χ1v) is 18.8. The summed E-state index contributed by atoms with van der Waals surface area (Å²) in [6.45, 7) is 6.86. The van der Waals surface area contributed by atoms with Gasteiger partial charge in [-0.1, -0.05) is 142 Å². The van der Waals surface area contributed by atoms with E-state index in [-0.39, 0.29) is 13.5 Å². The van der Waals surface area contributed by atoms with E-state index in [0.717, 1.165) is 25.9 Å². The van der Waals surface area contributed by atoms with Crippen LogP contribution in [0.2, 0.25) is 0 Å². The molecule has 0 saturated heterocycles. The molecule has 0 saturated carbocycles. The molecule has 266 valence electrons. The minimum absolute atomic E-state index is 0.253. The fourth-order valence-corrected chi connectivity index (χ4v) is 5.50. The second-order valence-corrected chi connectivity index (χ2v) is 13.2. The van der Waals surface area contributed by atoms with Crippen molar-refractivity contribution in [3.05, 3.63) is 24.3 Å². The molecule has 46 heavy (non-hydrogen) atoms. The quantitative estimate of drug-likeness (QED) is 0.0639. The summed E-state index contributed by atoms with van der Waals surface area (Å²) in [6, 6.07) is 6.91. The maximum Gasteiger partial charge on any atom is 0.412 e. The zero-order valence-electron chi connectivity index (χ0n) is 30.2. The van der Waals surface area contributed by atoms with Gasteiger partial charge in [0.25, 0.3) is 0 Å². The average molecular weight is 647 g/mol. The highest BCUT2D eigenvalue weighted by Crippen LogP contribution is 2.15. The lowest BCUT2D eigenvalue weighted by molar-refractivity contribution is 0.0917. The van der Waals surface area contributed by atoms with Crippen LogP contribution < -0.4 is 10.6 Å². The van der Waals surface area contributed by atoms with Crippen LogP contribution in [0.3, 0.4) is 0 Å².